The van der Waals surface area contributed by atoms with Crippen LogP contribution in [0.5, 0.6) is 5.75 Å². The van der Waals surface area contributed by atoms with Gasteiger partial charge in [0.25, 0.3) is 0 Å². The molecule has 0 unspecified atom stereocenters. The van der Waals surface area contributed by atoms with Gasteiger partial charge in [-0.05, 0) is 39.7 Å². The van der Waals surface area contributed by atoms with Crippen LogP contribution in [-0.4, -0.2) is 83.7 Å². The first-order chi connectivity index (χ1) is 16.6. The number of carbonyl (C=O) groups is 1. The smallest absolute Gasteiger partial charge is 0.410 e. The average molecular weight is 483 g/mol. The number of likely N-dealkylation sites (tertiary alicyclic amines) is 2. The van der Waals surface area contributed by atoms with Crippen LogP contribution in [0.15, 0.2) is 24.5 Å². The lowest BCUT2D eigenvalue weighted by atomic mass is 9.72. The van der Waals surface area contributed by atoms with Gasteiger partial charge in [-0.15, -0.1) is 0 Å². The summed E-state index contributed by atoms with van der Waals surface area (Å²) >= 11 is 0. The monoisotopic (exact) mass is 482 g/mol. The summed E-state index contributed by atoms with van der Waals surface area (Å²) < 4.78 is 12.9. The normalized spacial score (nSPS) is 20.5. The van der Waals surface area contributed by atoms with Crippen molar-refractivity contribution in [2.75, 3.05) is 57.0 Å². The molecule has 9 heteroatoms. The topological polar surface area (TPSA) is 89.1 Å². The van der Waals surface area contributed by atoms with E-state index in [0.717, 1.165) is 68.9 Å². The lowest BCUT2D eigenvalue weighted by Crippen LogP contribution is -2.74. The van der Waals surface area contributed by atoms with Crippen LogP contribution in [0.2, 0.25) is 0 Å². The van der Waals surface area contributed by atoms with E-state index >= 15 is 0 Å². The molecule has 2 N–H and O–H groups in total. The molecule has 2 aromatic rings. The second kappa shape index (κ2) is 8.62. The van der Waals surface area contributed by atoms with Gasteiger partial charge in [0.05, 0.1) is 19.0 Å². The number of nitrogens with zero attached hydrogens (tertiary/aromatic N) is 5. The minimum absolute atomic E-state index is 0.182. The van der Waals surface area contributed by atoms with Crippen LogP contribution in [0, 0.1) is 5.41 Å². The number of rotatable bonds is 4. The number of aryl methyl sites for hydroxylation is 1. The Labute approximate surface area is 207 Å². The fourth-order valence-electron chi connectivity index (χ4n) is 5.78. The average Bonchev–Trinajstić information content (AvgIpc) is 3.17. The number of amides is 1. The fourth-order valence-corrected chi connectivity index (χ4v) is 5.78. The molecule has 0 atom stereocenters. The van der Waals surface area contributed by atoms with E-state index in [1.165, 1.54) is 0 Å². The van der Waals surface area contributed by atoms with Gasteiger partial charge in [-0.2, -0.15) is 5.10 Å². The Morgan fingerprint density at radius 1 is 1.14 bits per heavy atom. The van der Waals surface area contributed by atoms with Crippen molar-refractivity contribution in [2.45, 2.75) is 45.3 Å². The lowest BCUT2D eigenvalue weighted by Gasteiger charge is -2.62. The van der Waals surface area contributed by atoms with Gasteiger partial charge in [0.1, 0.15) is 11.4 Å². The molecule has 4 heterocycles. The standard InChI is InChI=1S/C26H38N6O3/c1-25(2,3)35-24(33)32-16-26(17-32)14-31(15-26)19-6-8-30(9-7-19)22-11-23(34-5)21(27)10-20(22)18-12-28-29(4)13-18/h10-13,19H,6-9,14-17,27H2,1-5H3. The van der Waals surface area contributed by atoms with Crippen molar-refractivity contribution in [2.24, 2.45) is 12.5 Å². The third kappa shape index (κ3) is 4.66. The zero-order valence-electron chi connectivity index (χ0n) is 21.6. The van der Waals surface area contributed by atoms with Gasteiger partial charge in [0.15, 0.2) is 0 Å². The van der Waals surface area contributed by atoms with Crippen molar-refractivity contribution >= 4 is 17.5 Å². The van der Waals surface area contributed by atoms with E-state index < -0.39 is 5.60 Å². The summed E-state index contributed by atoms with van der Waals surface area (Å²) in [4.78, 5) is 19.2. The number of methoxy groups -OCH3 is 1. The Morgan fingerprint density at radius 3 is 2.40 bits per heavy atom. The Morgan fingerprint density at radius 2 is 1.83 bits per heavy atom. The van der Waals surface area contributed by atoms with Crippen molar-refractivity contribution in [3.05, 3.63) is 24.5 Å². The first-order valence-corrected chi connectivity index (χ1v) is 12.5. The number of anilines is 2. The molecule has 5 rings (SSSR count). The van der Waals surface area contributed by atoms with Crippen molar-refractivity contribution in [3.63, 3.8) is 0 Å². The molecule has 1 spiro atoms. The van der Waals surface area contributed by atoms with E-state index in [2.05, 4.69) is 21.0 Å². The molecule has 3 aliphatic heterocycles. The molecular weight excluding hydrogens is 444 g/mol. The second-order valence-electron chi connectivity index (χ2n) is 11.5. The van der Waals surface area contributed by atoms with Crippen LogP contribution in [0.1, 0.15) is 33.6 Å². The van der Waals surface area contributed by atoms with Crippen LogP contribution in [0.25, 0.3) is 11.1 Å². The maximum absolute atomic E-state index is 12.3. The molecule has 3 fully saturated rings. The highest BCUT2D eigenvalue weighted by molar-refractivity contribution is 5.83. The molecule has 1 amide bonds. The molecule has 0 bridgehead atoms. The third-order valence-corrected chi connectivity index (χ3v) is 7.47. The highest BCUT2D eigenvalue weighted by Gasteiger charge is 2.55. The van der Waals surface area contributed by atoms with Gasteiger partial charge in [0, 0.05) is 86.9 Å². The summed E-state index contributed by atoms with van der Waals surface area (Å²) in [5.74, 6) is 0.707. The quantitative estimate of drug-likeness (QED) is 0.670. The summed E-state index contributed by atoms with van der Waals surface area (Å²) in [5.41, 5.74) is 10.0. The van der Waals surface area contributed by atoms with Crippen LogP contribution in [0.4, 0.5) is 16.2 Å². The maximum Gasteiger partial charge on any atom is 0.410 e. The van der Waals surface area contributed by atoms with E-state index in [0.29, 0.717) is 17.5 Å². The Hall–Kier alpha value is -2.94. The van der Waals surface area contributed by atoms with Gasteiger partial charge in [-0.1, -0.05) is 0 Å². The number of hydrogen-bond acceptors (Lipinski definition) is 7. The molecular formula is C26H38N6O3. The van der Waals surface area contributed by atoms with Crippen molar-refractivity contribution < 1.29 is 14.3 Å². The first kappa shape index (κ1) is 23.8. The largest absolute Gasteiger partial charge is 0.495 e. The van der Waals surface area contributed by atoms with E-state index in [1.54, 1.807) is 7.11 Å². The number of ether oxygens (including phenoxy) is 2. The molecule has 1 aromatic heterocycles. The molecule has 0 radical (unpaired) electrons. The number of carbonyl (C=O) groups excluding carboxylic acids is 1. The highest BCUT2D eigenvalue weighted by atomic mass is 16.6. The number of hydrogen-bond donors (Lipinski definition) is 1. The number of aromatic nitrogens is 2. The first-order valence-electron chi connectivity index (χ1n) is 12.5. The molecule has 0 aliphatic carbocycles. The van der Waals surface area contributed by atoms with Crippen molar-refractivity contribution in [1.82, 2.24) is 19.6 Å². The fraction of sp³-hybridized carbons (Fsp3) is 0.615. The van der Waals surface area contributed by atoms with E-state index in [9.17, 15) is 4.79 Å². The molecule has 0 saturated carbocycles. The van der Waals surface area contributed by atoms with Gasteiger partial charge in [-0.3, -0.25) is 9.58 Å². The Kier molecular flexibility index (Phi) is 5.86. The number of benzene rings is 1. The summed E-state index contributed by atoms with van der Waals surface area (Å²) in [5, 5.41) is 4.35. The summed E-state index contributed by atoms with van der Waals surface area (Å²) in [6, 6.07) is 4.66. The summed E-state index contributed by atoms with van der Waals surface area (Å²) in [6.45, 7) is 11.5. The number of nitrogen functional groups attached to an aromatic ring is 1. The van der Waals surface area contributed by atoms with Gasteiger partial charge in [-0.25, -0.2) is 4.79 Å². The van der Waals surface area contributed by atoms with Crippen LogP contribution < -0.4 is 15.4 Å². The van der Waals surface area contributed by atoms with Crippen LogP contribution in [-0.2, 0) is 11.8 Å². The van der Waals surface area contributed by atoms with E-state index in [-0.39, 0.29) is 11.5 Å². The number of piperidine rings is 1. The van der Waals surface area contributed by atoms with Crippen molar-refractivity contribution in [1.29, 1.82) is 0 Å². The molecule has 9 nitrogen and oxygen atoms in total. The summed E-state index contributed by atoms with van der Waals surface area (Å²) in [6.07, 6.45) is 5.96. The molecule has 35 heavy (non-hydrogen) atoms. The van der Waals surface area contributed by atoms with E-state index in [4.69, 9.17) is 15.2 Å². The van der Waals surface area contributed by atoms with Crippen molar-refractivity contribution in [3.8, 4) is 16.9 Å². The van der Waals surface area contributed by atoms with Crippen LogP contribution >= 0.6 is 0 Å². The number of nitrogens with two attached hydrogens (primary N) is 1. The Bertz CT molecular complexity index is 1080. The lowest BCUT2D eigenvalue weighted by molar-refractivity contribution is -0.128. The molecule has 3 aliphatic rings. The maximum atomic E-state index is 12.3. The predicted octanol–water partition coefficient (Wildman–Crippen LogP) is 3.20. The molecule has 1 aromatic carbocycles. The van der Waals surface area contributed by atoms with Gasteiger partial charge in [0.2, 0.25) is 0 Å². The zero-order chi connectivity index (χ0) is 25.0. The molecule has 190 valence electrons. The highest BCUT2D eigenvalue weighted by Crippen LogP contribution is 2.44. The predicted molar refractivity (Wildman–Crippen MR) is 137 cm³/mol. The Balaban J connectivity index is 1.18. The molecule has 3 saturated heterocycles. The second-order valence-corrected chi connectivity index (χ2v) is 11.5. The summed E-state index contributed by atoms with van der Waals surface area (Å²) in [7, 11) is 3.59. The minimum Gasteiger partial charge on any atom is -0.495 e. The van der Waals surface area contributed by atoms with Crippen LogP contribution in [0.3, 0.4) is 0 Å². The van der Waals surface area contributed by atoms with Gasteiger partial charge >= 0.3 is 6.09 Å². The van der Waals surface area contributed by atoms with E-state index in [1.807, 2.05) is 55.9 Å². The minimum atomic E-state index is -0.440. The van der Waals surface area contributed by atoms with Gasteiger partial charge < -0.3 is 25.0 Å². The zero-order valence-corrected chi connectivity index (χ0v) is 21.6. The SMILES string of the molecule is COc1cc(N2CCC(N3CC4(CN(C(=O)OC(C)(C)C)C4)C3)CC2)c(-c2cnn(C)c2)cc1N. The third-order valence-electron chi connectivity index (χ3n) is 7.47.